The maximum absolute atomic E-state index is 12.7. The fraction of sp³-hybridized carbons (Fsp3) is 0.200. The maximum atomic E-state index is 12.7. The number of carbonyl (C=O) groups is 2. The predicted molar refractivity (Wildman–Crippen MR) is 119 cm³/mol. The molecular weight excluding hydrogens is 374 g/mol. The largest absolute Gasteiger partial charge is 0.361 e. The van der Waals surface area contributed by atoms with Crippen LogP contribution in [0.25, 0.3) is 21.7 Å². The highest BCUT2D eigenvalue weighted by Gasteiger charge is 2.35. The maximum Gasteiger partial charge on any atom is 0.227 e. The van der Waals surface area contributed by atoms with Gasteiger partial charge in [0.15, 0.2) is 0 Å². The summed E-state index contributed by atoms with van der Waals surface area (Å²) in [4.78, 5) is 30.4. The molecule has 30 heavy (non-hydrogen) atoms. The molecule has 3 aromatic carbocycles. The number of amides is 2. The third-order valence-corrected chi connectivity index (χ3v) is 5.92. The van der Waals surface area contributed by atoms with Crippen LogP contribution in [0.4, 0.5) is 5.69 Å². The van der Waals surface area contributed by atoms with Crippen LogP contribution in [0, 0.1) is 5.92 Å². The summed E-state index contributed by atoms with van der Waals surface area (Å²) in [6.07, 6.45) is 3.00. The summed E-state index contributed by atoms with van der Waals surface area (Å²) in [6, 6.07) is 22.1. The van der Waals surface area contributed by atoms with Gasteiger partial charge in [-0.2, -0.15) is 0 Å². The zero-order valence-electron chi connectivity index (χ0n) is 16.6. The fourth-order valence-electron chi connectivity index (χ4n) is 4.36. The van der Waals surface area contributed by atoms with Crippen molar-refractivity contribution in [3.63, 3.8) is 0 Å². The zero-order chi connectivity index (χ0) is 20.5. The van der Waals surface area contributed by atoms with Gasteiger partial charge in [0.2, 0.25) is 11.8 Å². The summed E-state index contributed by atoms with van der Waals surface area (Å²) in [6.45, 7) is 0.978. The second-order valence-electron chi connectivity index (χ2n) is 7.80. The van der Waals surface area contributed by atoms with Crippen LogP contribution in [-0.4, -0.2) is 29.9 Å². The normalized spacial score (nSPS) is 16.5. The first-order valence-electron chi connectivity index (χ1n) is 10.3. The third kappa shape index (κ3) is 3.32. The standard InChI is InChI=1S/C25H23N3O2/c29-24-14-19(16-28(24)23-11-5-7-17-6-1-2-9-21(17)23)25(30)26-13-12-18-15-27-22-10-4-3-8-20(18)22/h1-11,15,19,27H,12-14,16H2,(H,26,30). The fourth-order valence-corrected chi connectivity index (χ4v) is 4.36. The lowest BCUT2D eigenvalue weighted by atomic mass is 10.1. The van der Waals surface area contributed by atoms with Gasteiger partial charge < -0.3 is 15.2 Å². The molecule has 4 aromatic rings. The van der Waals surface area contributed by atoms with Crippen molar-refractivity contribution in [3.8, 4) is 0 Å². The topological polar surface area (TPSA) is 65.2 Å². The van der Waals surface area contributed by atoms with Crippen molar-refractivity contribution in [2.24, 2.45) is 5.92 Å². The smallest absolute Gasteiger partial charge is 0.227 e. The van der Waals surface area contributed by atoms with Crippen LogP contribution in [0.1, 0.15) is 12.0 Å². The molecule has 5 nitrogen and oxygen atoms in total. The van der Waals surface area contributed by atoms with E-state index in [-0.39, 0.29) is 24.2 Å². The SMILES string of the molecule is O=C(NCCc1c[nH]c2ccccc12)C1CC(=O)N(c2cccc3ccccc23)C1. The molecule has 0 radical (unpaired) electrons. The van der Waals surface area contributed by atoms with E-state index in [1.54, 1.807) is 4.90 Å². The van der Waals surface area contributed by atoms with Gasteiger partial charge in [0.25, 0.3) is 0 Å². The minimum atomic E-state index is -0.320. The van der Waals surface area contributed by atoms with E-state index in [2.05, 4.69) is 16.4 Å². The van der Waals surface area contributed by atoms with E-state index in [0.29, 0.717) is 13.1 Å². The van der Waals surface area contributed by atoms with Crippen molar-refractivity contribution >= 4 is 39.2 Å². The number of carbonyl (C=O) groups excluding carboxylic acids is 2. The summed E-state index contributed by atoms with van der Waals surface area (Å²) in [5.74, 6) is -0.367. The summed E-state index contributed by atoms with van der Waals surface area (Å²) in [7, 11) is 0. The van der Waals surface area contributed by atoms with Crippen LogP contribution in [0.15, 0.2) is 72.9 Å². The minimum Gasteiger partial charge on any atom is -0.361 e. The van der Waals surface area contributed by atoms with Crippen LogP contribution in [0.3, 0.4) is 0 Å². The van der Waals surface area contributed by atoms with Crippen LogP contribution in [-0.2, 0) is 16.0 Å². The minimum absolute atomic E-state index is 0.00290. The molecule has 1 unspecified atom stereocenters. The van der Waals surface area contributed by atoms with E-state index < -0.39 is 0 Å². The Morgan fingerprint density at radius 1 is 1.00 bits per heavy atom. The molecule has 5 rings (SSSR count). The Labute approximate surface area is 174 Å². The lowest BCUT2D eigenvalue weighted by molar-refractivity contribution is -0.126. The van der Waals surface area contributed by atoms with Gasteiger partial charge in [-0.25, -0.2) is 0 Å². The molecule has 5 heteroatoms. The molecule has 1 atom stereocenters. The average molecular weight is 397 g/mol. The van der Waals surface area contributed by atoms with Gasteiger partial charge in [-0.05, 0) is 29.5 Å². The van der Waals surface area contributed by atoms with Crippen molar-refractivity contribution in [2.45, 2.75) is 12.8 Å². The number of aromatic nitrogens is 1. The lowest BCUT2D eigenvalue weighted by Gasteiger charge is -2.19. The molecule has 1 aliphatic heterocycles. The van der Waals surface area contributed by atoms with Gasteiger partial charge in [0.1, 0.15) is 0 Å². The molecule has 1 fully saturated rings. The number of hydrogen-bond donors (Lipinski definition) is 2. The molecule has 1 aromatic heterocycles. The van der Waals surface area contributed by atoms with Gasteiger partial charge in [0, 0.05) is 42.0 Å². The Hall–Kier alpha value is -3.60. The van der Waals surface area contributed by atoms with E-state index in [0.717, 1.165) is 28.4 Å². The van der Waals surface area contributed by atoms with Crippen LogP contribution in [0.2, 0.25) is 0 Å². The molecule has 0 bridgehead atoms. The second-order valence-corrected chi connectivity index (χ2v) is 7.80. The summed E-state index contributed by atoms with van der Waals surface area (Å²) in [5.41, 5.74) is 3.17. The zero-order valence-corrected chi connectivity index (χ0v) is 16.6. The molecule has 1 saturated heterocycles. The number of nitrogens with zero attached hydrogens (tertiary/aromatic N) is 1. The van der Waals surface area contributed by atoms with Gasteiger partial charge in [-0.3, -0.25) is 9.59 Å². The summed E-state index contributed by atoms with van der Waals surface area (Å²) >= 11 is 0. The first-order valence-corrected chi connectivity index (χ1v) is 10.3. The van der Waals surface area contributed by atoms with E-state index in [1.807, 2.05) is 66.9 Å². The van der Waals surface area contributed by atoms with Gasteiger partial charge in [0.05, 0.1) is 11.6 Å². The molecule has 0 spiro atoms. The van der Waals surface area contributed by atoms with Crippen LogP contribution in [0.5, 0.6) is 0 Å². The molecule has 2 amide bonds. The number of fused-ring (bicyclic) bond motifs is 2. The number of para-hydroxylation sites is 1. The van der Waals surface area contributed by atoms with E-state index in [9.17, 15) is 9.59 Å². The third-order valence-electron chi connectivity index (χ3n) is 5.92. The lowest BCUT2D eigenvalue weighted by Crippen LogP contribution is -2.34. The van der Waals surface area contributed by atoms with Crippen molar-refractivity contribution in [1.29, 1.82) is 0 Å². The van der Waals surface area contributed by atoms with E-state index >= 15 is 0 Å². The first-order chi connectivity index (χ1) is 14.7. The number of hydrogen-bond acceptors (Lipinski definition) is 2. The van der Waals surface area contributed by atoms with E-state index in [4.69, 9.17) is 0 Å². The molecule has 2 N–H and O–H groups in total. The quantitative estimate of drug-likeness (QED) is 0.534. The second kappa shape index (κ2) is 7.67. The molecule has 1 aliphatic rings. The predicted octanol–water partition coefficient (Wildman–Crippen LogP) is 4.03. The number of benzene rings is 3. The highest BCUT2D eigenvalue weighted by Crippen LogP contribution is 2.31. The van der Waals surface area contributed by atoms with E-state index in [1.165, 1.54) is 10.9 Å². The van der Waals surface area contributed by atoms with Crippen LogP contribution < -0.4 is 10.2 Å². The number of aromatic amines is 1. The number of nitrogens with one attached hydrogen (secondary N) is 2. The Balaban J connectivity index is 1.24. The monoisotopic (exact) mass is 397 g/mol. The molecular formula is C25H23N3O2. The van der Waals surface area contributed by atoms with Gasteiger partial charge in [-0.1, -0.05) is 54.6 Å². The summed E-state index contributed by atoms with van der Waals surface area (Å²) in [5, 5.41) is 6.34. The van der Waals surface area contributed by atoms with Crippen molar-refractivity contribution < 1.29 is 9.59 Å². The summed E-state index contributed by atoms with van der Waals surface area (Å²) < 4.78 is 0. The molecule has 0 aliphatic carbocycles. The Morgan fingerprint density at radius 3 is 2.67 bits per heavy atom. The van der Waals surface area contributed by atoms with Crippen molar-refractivity contribution in [2.75, 3.05) is 18.0 Å². The Morgan fingerprint density at radius 2 is 1.77 bits per heavy atom. The van der Waals surface area contributed by atoms with Crippen molar-refractivity contribution in [3.05, 3.63) is 78.5 Å². The molecule has 0 saturated carbocycles. The van der Waals surface area contributed by atoms with Gasteiger partial charge >= 0.3 is 0 Å². The highest BCUT2D eigenvalue weighted by molar-refractivity contribution is 6.07. The average Bonchev–Trinajstić information content (AvgIpc) is 3.37. The number of H-pyrrole nitrogens is 1. The number of anilines is 1. The molecule has 2 heterocycles. The Kier molecular flexibility index (Phi) is 4.71. The number of rotatable bonds is 5. The Bertz CT molecular complexity index is 1240. The molecule has 150 valence electrons. The van der Waals surface area contributed by atoms with Crippen molar-refractivity contribution in [1.82, 2.24) is 10.3 Å². The van der Waals surface area contributed by atoms with Crippen LogP contribution >= 0.6 is 0 Å². The highest BCUT2D eigenvalue weighted by atomic mass is 16.2. The first kappa shape index (κ1) is 18.4. The van der Waals surface area contributed by atoms with Gasteiger partial charge in [-0.15, -0.1) is 0 Å².